The Balaban J connectivity index is 1.59. The number of benzene rings is 3. The van der Waals surface area contributed by atoms with Gasteiger partial charge in [-0.3, -0.25) is 0 Å². The number of para-hydroxylation sites is 2. The Kier molecular flexibility index (Phi) is 5.38. The number of amides is 2. The van der Waals surface area contributed by atoms with Gasteiger partial charge in [-0.2, -0.15) is 0 Å². The third-order valence-electron chi connectivity index (χ3n) is 6.16. The molecular formula is C24H23ClN3O3P. The fourth-order valence-electron chi connectivity index (χ4n) is 4.73. The second kappa shape index (κ2) is 8.21. The van der Waals surface area contributed by atoms with Crippen LogP contribution in [0.3, 0.4) is 0 Å². The molecule has 2 saturated heterocycles. The third kappa shape index (κ3) is 3.36. The second-order valence-corrected chi connectivity index (χ2v) is 11.6. The van der Waals surface area contributed by atoms with Gasteiger partial charge in [0.05, 0.1) is 0 Å². The summed E-state index contributed by atoms with van der Waals surface area (Å²) in [4.78, 5) is 40.2. The first kappa shape index (κ1) is 21.0. The van der Waals surface area contributed by atoms with Crippen LogP contribution in [-0.2, 0) is 9.59 Å². The molecule has 164 valence electrons. The van der Waals surface area contributed by atoms with E-state index in [1.54, 1.807) is 24.3 Å². The molecule has 5 rings (SSSR count). The van der Waals surface area contributed by atoms with Gasteiger partial charge in [-0.1, -0.05) is 0 Å². The first-order chi connectivity index (χ1) is 15.5. The molecule has 2 heterocycles. The zero-order chi connectivity index (χ0) is 22.3. The molecule has 8 heteroatoms. The van der Waals surface area contributed by atoms with Crippen molar-refractivity contribution in [1.29, 1.82) is 0 Å². The normalized spacial score (nSPS) is 21.3. The first-order valence-corrected chi connectivity index (χ1v) is 12.8. The van der Waals surface area contributed by atoms with Crippen LogP contribution in [0, 0.1) is 0 Å². The Morgan fingerprint density at radius 3 is 1.84 bits per heavy atom. The van der Waals surface area contributed by atoms with Crippen LogP contribution in [-0.4, -0.2) is 35.5 Å². The first-order valence-electron chi connectivity index (χ1n) is 10.5. The number of nitrogens with zero attached hydrogens (tertiary/aromatic N) is 3. The Labute approximate surface area is 192 Å². The molecule has 1 unspecified atom stereocenters. The number of carbonyl (C=O) groups excluding carboxylic acids is 2. The van der Waals surface area contributed by atoms with Crippen molar-refractivity contribution < 1.29 is 14.5 Å². The van der Waals surface area contributed by atoms with Crippen molar-refractivity contribution >= 4 is 48.3 Å². The average molecular weight is 468 g/mol. The van der Waals surface area contributed by atoms with E-state index in [0.717, 1.165) is 11.4 Å². The van der Waals surface area contributed by atoms with Crippen molar-refractivity contribution in [3.05, 3.63) is 90.0 Å². The molecule has 2 aliphatic heterocycles. The number of imide groups is 1. The Morgan fingerprint density at radius 2 is 1.31 bits per heavy atom. The van der Waals surface area contributed by atoms with Crippen molar-refractivity contribution in [3.8, 4) is 0 Å². The molecule has 6 nitrogen and oxygen atoms in total. The van der Waals surface area contributed by atoms with Crippen LogP contribution in [0.4, 0.5) is 17.1 Å². The molecule has 0 saturated carbocycles. The molecule has 2 aliphatic rings. The molecule has 0 radical (unpaired) electrons. The van der Waals surface area contributed by atoms with E-state index in [4.69, 9.17) is 11.6 Å². The van der Waals surface area contributed by atoms with Crippen LogP contribution in [0.25, 0.3) is 0 Å². The van der Waals surface area contributed by atoms with E-state index < -0.39 is 13.4 Å². The van der Waals surface area contributed by atoms with Crippen LogP contribution < -0.4 is 14.2 Å². The summed E-state index contributed by atoms with van der Waals surface area (Å²) in [6.07, 6.45) is -0.0409. The SMILES string of the molecule is O=C1CC([PH]2(O)N(c3ccccc3)CCN2c2ccccc2)C(=O)N1c1cccc(Cl)c1. The van der Waals surface area contributed by atoms with Gasteiger partial charge in [0.25, 0.3) is 0 Å². The fourth-order valence-corrected chi connectivity index (χ4v) is 8.78. The van der Waals surface area contributed by atoms with Gasteiger partial charge >= 0.3 is 192 Å². The molecule has 1 atom stereocenters. The summed E-state index contributed by atoms with van der Waals surface area (Å²) >= 11 is 6.11. The minimum absolute atomic E-state index is 0.0409. The maximum absolute atomic E-state index is 13.7. The van der Waals surface area contributed by atoms with Gasteiger partial charge in [0.2, 0.25) is 0 Å². The van der Waals surface area contributed by atoms with Gasteiger partial charge in [-0.15, -0.1) is 0 Å². The van der Waals surface area contributed by atoms with Crippen LogP contribution in [0.5, 0.6) is 0 Å². The van der Waals surface area contributed by atoms with Crippen LogP contribution in [0.2, 0.25) is 5.02 Å². The molecule has 0 bridgehead atoms. The van der Waals surface area contributed by atoms with Crippen LogP contribution in [0.15, 0.2) is 84.9 Å². The summed E-state index contributed by atoms with van der Waals surface area (Å²) in [6.45, 7) is 1.13. The third-order valence-corrected chi connectivity index (χ3v) is 10.3. The number of rotatable bonds is 4. The predicted molar refractivity (Wildman–Crippen MR) is 130 cm³/mol. The van der Waals surface area contributed by atoms with Crippen LogP contribution >= 0.6 is 19.4 Å². The van der Waals surface area contributed by atoms with E-state index in [0.29, 0.717) is 23.8 Å². The molecule has 3 aromatic carbocycles. The van der Waals surface area contributed by atoms with Crippen molar-refractivity contribution in [3.63, 3.8) is 0 Å². The van der Waals surface area contributed by atoms with Gasteiger partial charge in [0.15, 0.2) is 0 Å². The van der Waals surface area contributed by atoms with Gasteiger partial charge in [0, 0.05) is 0 Å². The number of hydrogen-bond acceptors (Lipinski definition) is 5. The maximum atomic E-state index is 13.7. The zero-order valence-electron chi connectivity index (χ0n) is 17.3. The van der Waals surface area contributed by atoms with Gasteiger partial charge in [0.1, 0.15) is 0 Å². The van der Waals surface area contributed by atoms with E-state index >= 15 is 0 Å². The van der Waals surface area contributed by atoms with E-state index in [1.807, 2.05) is 70.0 Å². The monoisotopic (exact) mass is 467 g/mol. The topological polar surface area (TPSA) is 64.1 Å². The number of hydrogen-bond donors (Lipinski definition) is 1. The summed E-state index contributed by atoms with van der Waals surface area (Å²) < 4.78 is 3.91. The van der Waals surface area contributed by atoms with E-state index in [2.05, 4.69) is 0 Å². The number of halogens is 1. The Bertz CT molecular complexity index is 1110. The molecule has 32 heavy (non-hydrogen) atoms. The zero-order valence-corrected chi connectivity index (χ0v) is 19.0. The van der Waals surface area contributed by atoms with Crippen molar-refractivity contribution in [2.24, 2.45) is 0 Å². The van der Waals surface area contributed by atoms with Crippen LogP contribution in [0.1, 0.15) is 6.42 Å². The second-order valence-electron chi connectivity index (χ2n) is 7.97. The summed E-state index contributed by atoms with van der Waals surface area (Å²) in [6, 6.07) is 25.9. The summed E-state index contributed by atoms with van der Waals surface area (Å²) in [5.41, 5.74) is 1.29. The molecule has 2 amide bonds. The molecule has 0 aromatic heterocycles. The van der Waals surface area contributed by atoms with E-state index in [-0.39, 0.29) is 18.2 Å². The number of carbonyl (C=O) groups is 2. The quantitative estimate of drug-likeness (QED) is 0.452. The van der Waals surface area contributed by atoms with Gasteiger partial charge < -0.3 is 0 Å². The minimum atomic E-state index is -3.67. The summed E-state index contributed by atoms with van der Waals surface area (Å²) in [5, 5.41) is 0.445. The van der Waals surface area contributed by atoms with E-state index in [9.17, 15) is 14.5 Å². The Morgan fingerprint density at radius 1 is 0.781 bits per heavy atom. The van der Waals surface area contributed by atoms with E-state index in [1.165, 1.54) is 4.90 Å². The molecule has 3 aromatic rings. The van der Waals surface area contributed by atoms with Gasteiger partial charge in [-0.05, 0) is 0 Å². The number of anilines is 3. The summed E-state index contributed by atoms with van der Waals surface area (Å²) in [7, 11) is -3.67. The molecule has 0 spiro atoms. The van der Waals surface area contributed by atoms with Gasteiger partial charge in [-0.25, -0.2) is 0 Å². The standard InChI is InChI=1S/C24H23ClN3O3P/c25-18-8-7-13-21(16-18)28-23(29)17-22(24(28)30)32(31)26(19-9-3-1-4-10-19)14-15-27(32)20-11-5-2-6-12-20/h1-13,16,22,31-32H,14-15,17H2. The molecule has 1 N–H and O–H groups in total. The van der Waals surface area contributed by atoms with Crippen molar-refractivity contribution in [1.82, 2.24) is 0 Å². The Hall–Kier alpha value is -2.92. The molecular weight excluding hydrogens is 445 g/mol. The summed E-state index contributed by atoms with van der Waals surface area (Å²) in [5.74, 6) is -0.702. The average Bonchev–Trinajstić information content (AvgIpc) is 3.31. The molecule has 2 fully saturated rings. The van der Waals surface area contributed by atoms with Crippen molar-refractivity contribution in [2.75, 3.05) is 27.3 Å². The fraction of sp³-hybridized carbons (Fsp3) is 0.167. The molecule has 0 aliphatic carbocycles. The van der Waals surface area contributed by atoms with Crippen molar-refractivity contribution in [2.45, 2.75) is 12.1 Å². The predicted octanol–water partition coefficient (Wildman–Crippen LogP) is 4.49.